The number of benzene rings is 2. The Hall–Kier alpha value is -2.92. The summed E-state index contributed by atoms with van der Waals surface area (Å²) in [6.07, 6.45) is 3.02. The van der Waals surface area contributed by atoms with E-state index in [-0.39, 0.29) is 5.63 Å². The zero-order chi connectivity index (χ0) is 17.9. The molecule has 0 aliphatic rings. The molecule has 0 atom stereocenters. The molecule has 0 amide bonds. The van der Waals surface area contributed by atoms with Gasteiger partial charge in [-0.3, -0.25) is 0 Å². The zero-order valence-electron chi connectivity index (χ0n) is 14.3. The third-order valence-electron chi connectivity index (χ3n) is 4.28. The van der Waals surface area contributed by atoms with E-state index in [1.54, 1.807) is 12.3 Å². The van der Waals surface area contributed by atoms with Crippen molar-refractivity contribution in [2.75, 3.05) is 0 Å². The van der Waals surface area contributed by atoms with Crippen LogP contribution < -0.4 is 10.4 Å². The molecule has 0 aliphatic carbocycles. The molecule has 0 saturated carbocycles. The van der Waals surface area contributed by atoms with Crippen LogP contribution in [0.5, 0.6) is 10.9 Å². The number of hydrogen-bond acceptors (Lipinski definition) is 5. The molecule has 2 aromatic carbocycles. The summed E-state index contributed by atoms with van der Waals surface area (Å²) in [5.41, 5.74) is 3.10. The second-order valence-corrected chi connectivity index (χ2v) is 6.78. The van der Waals surface area contributed by atoms with Crippen LogP contribution in [0.2, 0.25) is 0 Å². The Balaban J connectivity index is 1.77. The van der Waals surface area contributed by atoms with E-state index in [0.29, 0.717) is 22.9 Å². The highest BCUT2D eigenvalue weighted by molar-refractivity contribution is 7.11. The molecule has 2 heterocycles. The van der Waals surface area contributed by atoms with Crippen LogP contribution in [0.3, 0.4) is 0 Å². The summed E-state index contributed by atoms with van der Waals surface area (Å²) >= 11 is 1.41. The monoisotopic (exact) mass is 363 g/mol. The number of ether oxygens (including phenoxy) is 1. The van der Waals surface area contributed by atoms with E-state index >= 15 is 0 Å². The van der Waals surface area contributed by atoms with Crippen molar-refractivity contribution in [3.05, 3.63) is 87.2 Å². The molecule has 0 unspecified atom stereocenters. The molecule has 0 aliphatic heterocycles. The number of nitrogens with zero attached hydrogens (tertiary/aromatic N) is 1. The summed E-state index contributed by atoms with van der Waals surface area (Å²) in [5.74, 6) is 0.605. The molecule has 26 heavy (non-hydrogen) atoms. The summed E-state index contributed by atoms with van der Waals surface area (Å²) in [7, 11) is 0. The number of aromatic nitrogens is 1. The second-order valence-electron chi connectivity index (χ2n) is 5.92. The maximum atomic E-state index is 12.6. The minimum Gasteiger partial charge on any atom is -0.431 e. The molecular weight excluding hydrogens is 346 g/mol. The van der Waals surface area contributed by atoms with E-state index in [1.807, 2.05) is 47.8 Å². The summed E-state index contributed by atoms with van der Waals surface area (Å²) in [5, 5.41) is 3.36. The molecule has 4 nitrogen and oxygen atoms in total. The maximum absolute atomic E-state index is 12.6. The van der Waals surface area contributed by atoms with Crippen LogP contribution in [0.4, 0.5) is 0 Å². The topological polar surface area (TPSA) is 52.3 Å². The van der Waals surface area contributed by atoms with E-state index < -0.39 is 0 Å². The average Bonchev–Trinajstić information content (AvgIpc) is 3.16. The minimum absolute atomic E-state index is 0.287. The van der Waals surface area contributed by atoms with Crippen LogP contribution >= 0.6 is 11.3 Å². The largest absolute Gasteiger partial charge is 0.431 e. The number of rotatable bonds is 5. The molecule has 2 aromatic heterocycles. The van der Waals surface area contributed by atoms with Crippen molar-refractivity contribution >= 4 is 22.3 Å². The second kappa shape index (κ2) is 7.14. The molecular formula is C21H17NO3S. The van der Waals surface area contributed by atoms with Crippen LogP contribution in [0.15, 0.2) is 69.3 Å². The highest BCUT2D eigenvalue weighted by atomic mass is 32.1. The van der Waals surface area contributed by atoms with Gasteiger partial charge in [0.2, 0.25) is 0 Å². The number of aryl methyl sites for hydroxylation is 1. The Labute approximate surface area is 154 Å². The lowest BCUT2D eigenvalue weighted by molar-refractivity contribution is 0.476. The zero-order valence-corrected chi connectivity index (χ0v) is 15.1. The Bertz CT molecular complexity index is 1090. The minimum atomic E-state index is -0.287. The summed E-state index contributed by atoms with van der Waals surface area (Å²) < 4.78 is 11.3. The molecule has 0 saturated heterocycles. The Morgan fingerprint density at radius 3 is 2.69 bits per heavy atom. The Morgan fingerprint density at radius 2 is 1.96 bits per heavy atom. The lowest BCUT2D eigenvalue weighted by Gasteiger charge is -2.11. The predicted octanol–water partition coefficient (Wildman–Crippen LogP) is 5.20. The Morgan fingerprint density at radius 1 is 1.12 bits per heavy atom. The summed E-state index contributed by atoms with van der Waals surface area (Å²) in [6.45, 7) is 2.06. The van der Waals surface area contributed by atoms with E-state index in [0.717, 1.165) is 28.5 Å². The number of fused-ring (bicyclic) bond motifs is 1. The number of hydrogen-bond donors (Lipinski definition) is 0. The fraction of sp³-hybridized carbons (Fsp3) is 0.143. The van der Waals surface area contributed by atoms with Crippen LogP contribution in [0.1, 0.15) is 23.6 Å². The van der Waals surface area contributed by atoms with Crippen molar-refractivity contribution in [3.63, 3.8) is 0 Å². The van der Waals surface area contributed by atoms with Crippen molar-refractivity contribution in [2.24, 2.45) is 0 Å². The van der Waals surface area contributed by atoms with E-state index in [4.69, 9.17) is 9.15 Å². The van der Waals surface area contributed by atoms with E-state index in [9.17, 15) is 4.79 Å². The highest BCUT2D eigenvalue weighted by Crippen LogP contribution is 2.29. The highest BCUT2D eigenvalue weighted by Gasteiger charge is 2.15. The first kappa shape index (κ1) is 16.5. The van der Waals surface area contributed by atoms with Crippen molar-refractivity contribution < 1.29 is 9.15 Å². The molecule has 5 heteroatoms. The van der Waals surface area contributed by atoms with Crippen LogP contribution in [-0.2, 0) is 12.8 Å². The third kappa shape index (κ3) is 3.26. The standard InChI is InChI=1S/C21H17NO3S/c1-2-16-17-9-8-15(24-21-22-10-11-26-21)13-19(17)25-20(23)18(16)12-14-6-4-3-5-7-14/h3-11,13H,2,12H2,1H3. The van der Waals surface area contributed by atoms with Gasteiger partial charge in [0.15, 0.2) is 0 Å². The number of thiazole rings is 1. The lowest BCUT2D eigenvalue weighted by Crippen LogP contribution is -2.12. The predicted molar refractivity (Wildman–Crippen MR) is 103 cm³/mol. The average molecular weight is 363 g/mol. The molecule has 130 valence electrons. The van der Waals surface area contributed by atoms with Crippen molar-refractivity contribution in [1.82, 2.24) is 4.98 Å². The van der Waals surface area contributed by atoms with Crippen molar-refractivity contribution in [1.29, 1.82) is 0 Å². The van der Waals surface area contributed by atoms with Gasteiger partial charge in [-0.15, -0.1) is 0 Å². The summed E-state index contributed by atoms with van der Waals surface area (Å²) in [4.78, 5) is 16.7. The summed E-state index contributed by atoms with van der Waals surface area (Å²) in [6, 6.07) is 15.6. The van der Waals surface area contributed by atoms with Crippen LogP contribution in [0, 0.1) is 0 Å². The Kier molecular flexibility index (Phi) is 4.54. The van der Waals surface area contributed by atoms with Gasteiger partial charge in [0.05, 0.1) is 0 Å². The first-order chi connectivity index (χ1) is 12.7. The molecule has 0 bridgehead atoms. The van der Waals surface area contributed by atoms with E-state index in [1.165, 1.54) is 11.3 Å². The molecule has 0 fully saturated rings. The first-order valence-corrected chi connectivity index (χ1v) is 9.32. The smallest absolute Gasteiger partial charge is 0.340 e. The van der Waals surface area contributed by atoms with Crippen molar-refractivity contribution in [3.8, 4) is 10.9 Å². The van der Waals surface area contributed by atoms with Gasteiger partial charge in [0.1, 0.15) is 11.3 Å². The first-order valence-electron chi connectivity index (χ1n) is 8.44. The van der Waals surface area contributed by atoms with Gasteiger partial charge in [0, 0.05) is 35.0 Å². The molecule has 0 radical (unpaired) electrons. The van der Waals surface area contributed by atoms with E-state index in [2.05, 4.69) is 11.9 Å². The fourth-order valence-electron chi connectivity index (χ4n) is 3.09. The SMILES string of the molecule is CCc1c(Cc2ccccc2)c(=O)oc2cc(Oc3nccs3)ccc12. The van der Waals surface area contributed by atoms with Gasteiger partial charge in [-0.1, -0.05) is 48.6 Å². The molecule has 0 N–H and O–H groups in total. The fourth-order valence-corrected chi connectivity index (χ4v) is 3.60. The van der Waals surface area contributed by atoms with Gasteiger partial charge in [0.25, 0.3) is 5.19 Å². The van der Waals surface area contributed by atoms with Gasteiger partial charge < -0.3 is 9.15 Å². The van der Waals surface area contributed by atoms with Gasteiger partial charge in [-0.25, -0.2) is 9.78 Å². The maximum Gasteiger partial charge on any atom is 0.340 e. The third-order valence-corrected chi connectivity index (χ3v) is 4.93. The van der Waals surface area contributed by atoms with Crippen LogP contribution in [0.25, 0.3) is 11.0 Å². The van der Waals surface area contributed by atoms with Gasteiger partial charge in [-0.05, 0) is 29.7 Å². The van der Waals surface area contributed by atoms with Gasteiger partial charge >= 0.3 is 5.63 Å². The quantitative estimate of drug-likeness (QED) is 0.458. The van der Waals surface area contributed by atoms with Crippen LogP contribution in [-0.4, -0.2) is 4.98 Å². The molecule has 0 spiro atoms. The molecule has 4 rings (SSSR count). The van der Waals surface area contributed by atoms with Crippen molar-refractivity contribution in [2.45, 2.75) is 19.8 Å². The molecule has 4 aromatic rings. The normalized spacial score (nSPS) is 11.0. The van der Waals surface area contributed by atoms with Gasteiger partial charge in [-0.2, -0.15) is 0 Å². The lowest BCUT2D eigenvalue weighted by atomic mass is 9.97.